The van der Waals surface area contributed by atoms with E-state index >= 15 is 0 Å². The molecule has 2 N–H and O–H groups in total. The molecule has 3 rings (SSSR count). The quantitative estimate of drug-likeness (QED) is 0.388. The van der Waals surface area contributed by atoms with Crippen molar-refractivity contribution in [2.75, 3.05) is 12.9 Å². The minimum Gasteiger partial charge on any atom is -0.497 e. The van der Waals surface area contributed by atoms with Crippen molar-refractivity contribution in [2.45, 2.75) is 13.0 Å². The van der Waals surface area contributed by atoms with Crippen molar-refractivity contribution in [3.05, 3.63) is 48.0 Å². The van der Waals surface area contributed by atoms with Crippen LogP contribution in [-0.2, 0) is 16.7 Å². The second-order valence-electron chi connectivity index (χ2n) is 5.87. The molecule has 0 spiro atoms. The number of hydrogen-bond acceptors (Lipinski definition) is 4. The molecule has 2 aromatic carbocycles. The van der Waals surface area contributed by atoms with Crippen LogP contribution >= 0.6 is 0 Å². The normalized spacial score (nSPS) is 11.8. The first-order valence-corrected chi connectivity index (χ1v) is 9.53. The van der Waals surface area contributed by atoms with Gasteiger partial charge in [-0.05, 0) is 18.2 Å². The zero-order valence-electron chi connectivity index (χ0n) is 14.0. The molecule has 0 amide bonds. The maximum absolute atomic E-state index is 11.9. The lowest BCUT2D eigenvalue weighted by molar-refractivity contribution is -0.645. The summed E-state index contributed by atoms with van der Waals surface area (Å²) < 4.78 is 38.1. The van der Waals surface area contributed by atoms with E-state index in [1.165, 1.54) is 7.11 Å². The van der Waals surface area contributed by atoms with Crippen LogP contribution in [0.15, 0.2) is 42.5 Å². The van der Waals surface area contributed by atoms with E-state index < -0.39 is 16.1 Å². The standard InChI is InChI=1S/C18H17NO6S/c1-25-12-7-8-16-14(11-12)17(18(20)21)13-5-2-3-6-15(13)19(16)9-4-10-26(22,23)24/h2-3,5-8,11H,4,9-10H2,1H3,(H-,20,21,22,23,24)/p+1. The number of carboxylic acid groups (broad SMARTS) is 1. The third kappa shape index (κ3) is 3.47. The number of carbonyl (C=O) groups is 1. The molecule has 1 aromatic heterocycles. The van der Waals surface area contributed by atoms with Gasteiger partial charge in [0.2, 0.25) is 11.0 Å². The van der Waals surface area contributed by atoms with Crippen molar-refractivity contribution in [3.63, 3.8) is 0 Å². The van der Waals surface area contributed by atoms with Gasteiger partial charge in [-0.2, -0.15) is 13.0 Å². The Bertz CT molecular complexity index is 1110. The zero-order valence-corrected chi connectivity index (χ0v) is 14.9. The van der Waals surface area contributed by atoms with Gasteiger partial charge in [-0.25, -0.2) is 4.79 Å². The molecule has 0 saturated carbocycles. The highest BCUT2D eigenvalue weighted by Gasteiger charge is 2.24. The number of nitrogens with zero attached hydrogens (tertiary/aromatic N) is 1. The van der Waals surface area contributed by atoms with Gasteiger partial charge in [-0.15, -0.1) is 0 Å². The number of aromatic nitrogens is 1. The fraction of sp³-hybridized carbons (Fsp3) is 0.222. The number of aryl methyl sites for hydroxylation is 1. The molecule has 0 bridgehead atoms. The number of ether oxygens (including phenoxy) is 1. The lowest BCUT2D eigenvalue weighted by Gasteiger charge is -2.10. The molecule has 0 aliphatic rings. The van der Waals surface area contributed by atoms with Crippen LogP contribution in [0.2, 0.25) is 0 Å². The van der Waals surface area contributed by atoms with Crippen molar-refractivity contribution >= 4 is 37.9 Å². The van der Waals surface area contributed by atoms with Crippen LogP contribution in [-0.4, -0.2) is 36.9 Å². The smallest absolute Gasteiger partial charge is 0.337 e. The van der Waals surface area contributed by atoms with Crippen molar-refractivity contribution < 1.29 is 32.2 Å². The number of rotatable bonds is 6. The Morgan fingerprint density at radius 3 is 2.46 bits per heavy atom. The summed E-state index contributed by atoms with van der Waals surface area (Å²) in [5.74, 6) is -0.892. The third-order valence-electron chi connectivity index (χ3n) is 4.23. The van der Waals surface area contributed by atoms with E-state index in [0.717, 1.165) is 0 Å². The minimum atomic E-state index is -4.06. The van der Waals surface area contributed by atoms with Gasteiger partial charge in [-0.3, -0.25) is 4.55 Å². The number of pyridine rings is 1. The zero-order chi connectivity index (χ0) is 18.9. The molecule has 7 nitrogen and oxygen atoms in total. The molecule has 8 heteroatoms. The van der Waals surface area contributed by atoms with E-state index in [9.17, 15) is 18.3 Å². The fourth-order valence-electron chi connectivity index (χ4n) is 3.15. The van der Waals surface area contributed by atoms with Gasteiger partial charge < -0.3 is 9.84 Å². The summed E-state index contributed by atoms with van der Waals surface area (Å²) in [6, 6.07) is 12.2. The van der Waals surface area contributed by atoms with Gasteiger partial charge in [0, 0.05) is 18.6 Å². The first-order chi connectivity index (χ1) is 12.3. The summed E-state index contributed by atoms with van der Waals surface area (Å²) in [6.45, 7) is 0.309. The molecule has 0 atom stereocenters. The number of benzene rings is 2. The average Bonchev–Trinajstić information content (AvgIpc) is 2.59. The van der Waals surface area contributed by atoms with Crippen LogP contribution in [0.25, 0.3) is 21.8 Å². The molecular formula is C18H18NO6S+. The van der Waals surface area contributed by atoms with E-state index in [-0.39, 0.29) is 17.7 Å². The van der Waals surface area contributed by atoms with Gasteiger partial charge in [0.15, 0.2) is 6.54 Å². The van der Waals surface area contributed by atoms with Gasteiger partial charge in [0.1, 0.15) is 5.75 Å². The topological polar surface area (TPSA) is 105 Å². The predicted molar refractivity (Wildman–Crippen MR) is 96.2 cm³/mol. The largest absolute Gasteiger partial charge is 0.497 e. The first kappa shape index (κ1) is 18.1. The molecule has 3 aromatic rings. The van der Waals surface area contributed by atoms with E-state index in [1.807, 2.05) is 4.57 Å². The highest BCUT2D eigenvalue weighted by Crippen LogP contribution is 2.28. The number of hydrogen-bond donors (Lipinski definition) is 2. The summed E-state index contributed by atoms with van der Waals surface area (Å²) >= 11 is 0. The SMILES string of the molecule is COc1ccc2c(c1)c(C(=O)O)c1ccccc1[n+]2CCCS(=O)(=O)O. The van der Waals surface area contributed by atoms with Crippen LogP contribution in [0, 0.1) is 0 Å². The summed E-state index contributed by atoms with van der Waals surface area (Å²) in [7, 11) is -2.56. The third-order valence-corrected chi connectivity index (χ3v) is 5.03. The Labute approximate surface area is 150 Å². The maximum Gasteiger partial charge on any atom is 0.337 e. The highest BCUT2D eigenvalue weighted by atomic mass is 32.2. The average molecular weight is 376 g/mol. The van der Waals surface area contributed by atoms with Crippen LogP contribution in [0.3, 0.4) is 0 Å². The summed E-state index contributed by atoms with van der Waals surface area (Å²) in [4.78, 5) is 11.9. The van der Waals surface area contributed by atoms with Crippen molar-refractivity contribution in [2.24, 2.45) is 0 Å². The maximum atomic E-state index is 11.9. The number of carboxylic acids is 1. The Hall–Kier alpha value is -2.71. The van der Waals surface area contributed by atoms with E-state index in [2.05, 4.69) is 0 Å². The van der Waals surface area contributed by atoms with Crippen LogP contribution in [0.1, 0.15) is 16.8 Å². The molecular weight excluding hydrogens is 358 g/mol. The molecule has 0 aliphatic heterocycles. The molecule has 1 heterocycles. The highest BCUT2D eigenvalue weighted by molar-refractivity contribution is 7.85. The summed E-state index contributed by atoms with van der Waals surface area (Å²) in [5.41, 5.74) is 1.50. The molecule has 0 unspecified atom stereocenters. The Kier molecular flexibility index (Phi) is 4.80. The predicted octanol–water partition coefficient (Wildman–Crippen LogP) is 2.27. The number of aromatic carboxylic acids is 1. The van der Waals surface area contributed by atoms with E-state index in [1.54, 1.807) is 42.5 Å². The molecule has 0 radical (unpaired) electrons. The Morgan fingerprint density at radius 1 is 1.12 bits per heavy atom. The van der Waals surface area contributed by atoms with Gasteiger partial charge in [0.25, 0.3) is 10.1 Å². The van der Waals surface area contributed by atoms with Gasteiger partial charge in [0.05, 0.1) is 29.2 Å². The molecule has 136 valence electrons. The molecule has 0 aliphatic carbocycles. The second kappa shape index (κ2) is 6.89. The summed E-state index contributed by atoms with van der Waals surface area (Å²) in [6.07, 6.45) is 0.195. The summed E-state index contributed by atoms with van der Waals surface area (Å²) in [5, 5.41) is 10.8. The van der Waals surface area contributed by atoms with Gasteiger partial charge >= 0.3 is 5.97 Å². The lowest BCUT2D eigenvalue weighted by atomic mass is 10.0. The molecule has 0 fully saturated rings. The van der Waals surface area contributed by atoms with Crippen LogP contribution in [0.4, 0.5) is 0 Å². The van der Waals surface area contributed by atoms with Gasteiger partial charge in [-0.1, -0.05) is 12.1 Å². The first-order valence-electron chi connectivity index (χ1n) is 7.92. The fourth-order valence-corrected chi connectivity index (χ4v) is 3.64. The Morgan fingerprint density at radius 2 is 1.81 bits per heavy atom. The van der Waals surface area contributed by atoms with Crippen molar-refractivity contribution in [1.82, 2.24) is 0 Å². The molecule has 26 heavy (non-hydrogen) atoms. The second-order valence-corrected chi connectivity index (χ2v) is 7.44. The number of methoxy groups -OCH3 is 1. The number of fused-ring (bicyclic) bond motifs is 2. The number of para-hydroxylation sites is 1. The lowest BCUT2D eigenvalue weighted by Crippen LogP contribution is -2.37. The minimum absolute atomic E-state index is 0.167. The van der Waals surface area contributed by atoms with Crippen LogP contribution in [0.5, 0.6) is 5.75 Å². The van der Waals surface area contributed by atoms with E-state index in [4.69, 9.17) is 9.29 Å². The molecule has 0 saturated heterocycles. The van der Waals surface area contributed by atoms with Crippen molar-refractivity contribution in [1.29, 1.82) is 0 Å². The van der Waals surface area contributed by atoms with Crippen molar-refractivity contribution in [3.8, 4) is 5.75 Å². The Balaban J connectivity index is 2.30. The van der Waals surface area contributed by atoms with E-state index in [0.29, 0.717) is 34.1 Å². The van der Waals surface area contributed by atoms with Crippen LogP contribution < -0.4 is 9.30 Å². The monoisotopic (exact) mass is 376 g/mol.